The van der Waals surface area contributed by atoms with Gasteiger partial charge in [-0.1, -0.05) is 36.3 Å². The molecule has 32 heavy (non-hydrogen) atoms. The molecule has 0 aromatic heterocycles. The molecule has 0 aliphatic rings. The number of terminal acetylenes is 1. The summed E-state index contributed by atoms with van der Waals surface area (Å²) in [5.74, 6) is -2.19. The Morgan fingerprint density at radius 1 is 1.19 bits per heavy atom. The van der Waals surface area contributed by atoms with Crippen molar-refractivity contribution in [2.24, 2.45) is 5.73 Å². The first-order valence-electron chi connectivity index (χ1n) is 10.2. The fraction of sp³-hybridized carbons (Fsp3) is 0.478. The fourth-order valence-electron chi connectivity index (χ4n) is 2.91. The number of primary amides is 1. The van der Waals surface area contributed by atoms with E-state index in [9.17, 15) is 19.2 Å². The summed E-state index contributed by atoms with van der Waals surface area (Å²) in [6, 6.07) is 6.37. The van der Waals surface area contributed by atoms with Gasteiger partial charge in [0.1, 0.15) is 17.7 Å². The van der Waals surface area contributed by atoms with Crippen LogP contribution in [0.1, 0.15) is 58.2 Å². The zero-order valence-electron chi connectivity index (χ0n) is 19.4. The van der Waals surface area contributed by atoms with Gasteiger partial charge in [-0.15, -0.1) is 0 Å². The van der Waals surface area contributed by atoms with Gasteiger partial charge in [0.15, 0.2) is 0 Å². The van der Waals surface area contributed by atoms with Crippen molar-refractivity contribution in [2.45, 2.75) is 71.7 Å². The molecular weight excluding hydrogens is 412 g/mol. The van der Waals surface area contributed by atoms with Gasteiger partial charge < -0.3 is 21.1 Å². The Morgan fingerprint density at radius 3 is 2.28 bits per heavy atom. The van der Waals surface area contributed by atoms with Crippen LogP contribution in [0.3, 0.4) is 0 Å². The van der Waals surface area contributed by atoms with Gasteiger partial charge in [-0.3, -0.25) is 19.3 Å². The number of hydrogen-bond donors (Lipinski definition) is 3. The van der Waals surface area contributed by atoms with E-state index in [4.69, 9.17) is 16.9 Å². The molecular formula is C23H32N4O5. The van der Waals surface area contributed by atoms with E-state index in [-0.39, 0.29) is 6.04 Å². The standard InChI is InChI=1S/C23H32N4O5/c1-8-27(19(20(29)25-14(2)3)16-11-9-10-15(4)12-16)21(30)17(13-18(24)28)26-22(31)32-23(5,6)7/h1,9-12,14,17,19H,13H2,2-7H3,(H2,24,28)(H,25,29)(H,26,31). The van der Waals surface area contributed by atoms with E-state index in [2.05, 4.69) is 16.7 Å². The molecule has 2 atom stereocenters. The predicted molar refractivity (Wildman–Crippen MR) is 120 cm³/mol. The first kappa shape index (κ1) is 26.5. The molecule has 1 aromatic rings. The van der Waals surface area contributed by atoms with Crippen LogP contribution in [0.5, 0.6) is 0 Å². The molecule has 4 amide bonds. The number of nitrogens with zero attached hydrogens (tertiary/aromatic N) is 1. The number of hydrogen-bond acceptors (Lipinski definition) is 5. The summed E-state index contributed by atoms with van der Waals surface area (Å²) in [6.45, 7) is 10.3. The summed E-state index contributed by atoms with van der Waals surface area (Å²) in [7, 11) is 0. The number of ether oxygens (including phenoxy) is 1. The molecule has 174 valence electrons. The SMILES string of the molecule is C#CN(C(=O)C(CC(N)=O)NC(=O)OC(C)(C)C)C(C(=O)NC(C)C)c1cccc(C)c1. The smallest absolute Gasteiger partial charge is 0.408 e. The minimum absolute atomic E-state index is 0.217. The highest BCUT2D eigenvalue weighted by Gasteiger charge is 2.36. The van der Waals surface area contributed by atoms with Gasteiger partial charge in [-0.2, -0.15) is 0 Å². The highest BCUT2D eigenvalue weighted by atomic mass is 16.6. The lowest BCUT2D eigenvalue weighted by atomic mass is 10.0. The summed E-state index contributed by atoms with van der Waals surface area (Å²) in [5.41, 5.74) is 5.77. The lowest BCUT2D eigenvalue weighted by Gasteiger charge is -2.30. The summed E-state index contributed by atoms with van der Waals surface area (Å²) in [5, 5.41) is 5.09. The van der Waals surface area contributed by atoms with Crippen molar-refractivity contribution >= 4 is 23.8 Å². The van der Waals surface area contributed by atoms with Crippen molar-refractivity contribution in [1.82, 2.24) is 15.5 Å². The highest BCUT2D eigenvalue weighted by Crippen LogP contribution is 2.23. The Kier molecular flexibility index (Phi) is 9.26. The molecule has 0 aliphatic heterocycles. The maximum Gasteiger partial charge on any atom is 0.408 e. The molecule has 0 saturated heterocycles. The number of aryl methyl sites for hydroxylation is 1. The molecule has 0 fully saturated rings. The van der Waals surface area contributed by atoms with Crippen LogP contribution in [0.2, 0.25) is 0 Å². The molecule has 9 nitrogen and oxygen atoms in total. The Hall–Kier alpha value is -3.54. The third kappa shape index (κ3) is 8.30. The molecule has 0 saturated carbocycles. The van der Waals surface area contributed by atoms with Gasteiger partial charge in [0.25, 0.3) is 5.91 Å². The maximum atomic E-state index is 13.3. The highest BCUT2D eigenvalue weighted by molar-refractivity contribution is 5.95. The molecule has 4 N–H and O–H groups in total. The minimum atomic E-state index is -1.42. The molecule has 0 spiro atoms. The summed E-state index contributed by atoms with van der Waals surface area (Å²) < 4.78 is 5.17. The van der Waals surface area contributed by atoms with Crippen molar-refractivity contribution in [1.29, 1.82) is 0 Å². The molecule has 9 heteroatoms. The molecule has 1 aromatic carbocycles. The second-order valence-electron chi connectivity index (χ2n) is 8.69. The topological polar surface area (TPSA) is 131 Å². The number of benzene rings is 1. The van der Waals surface area contributed by atoms with Crippen LogP contribution in [-0.2, 0) is 19.1 Å². The summed E-state index contributed by atoms with van der Waals surface area (Å²) in [6.07, 6.45) is 4.19. The van der Waals surface area contributed by atoms with Crippen molar-refractivity contribution in [2.75, 3.05) is 0 Å². The largest absolute Gasteiger partial charge is 0.444 e. The van der Waals surface area contributed by atoms with Crippen LogP contribution >= 0.6 is 0 Å². The molecule has 0 radical (unpaired) electrons. The van der Waals surface area contributed by atoms with Crippen LogP contribution < -0.4 is 16.4 Å². The number of carbonyl (C=O) groups is 4. The average molecular weight is 445 g/mol. The maximum absolute atomic E-state index is 13.3. The third-order valence-corrected chi connectivity index (χ3v) is 4.07. The Balaban J connectivity index is 3.37. The minimum Gasteiger partial charge on any atom is -0.444 e. The van der Waals surface area contributed by atoms with E-state index in [0.717, 1.165) is 10.5 Å². The Morgan fingerprint density at radius 2 is 1.81 bits per heavy atom. The second-order valence-corrected chi connectivity index (χ2v) is 8.69. The molecule has 0 aliphatic carbocycles. The number of amides is 4. The van der Waals surface area contributed by atoms with E-state index < -0.39 is 47.9 Å². The normalized spacial score (nSPS) is 12.8. The monoisotopic (exact) mass is 444 g/mol. The molecule has 1 rings (SSSR count). The average Bonchev–Trinajstić information content (AvgIpc) is 2.62. The number of nitrogens with two attached hydrogens (primary N) is 1. The van der Waals surface area contributed by atoms with Crippen molar-refractivity contribution in [3.63, 3.8) is 0 Å². The molecule has 2 unspecified atom stereocenters. The van der Waals surface area contributed by atoms with Gasteiger partial charge in [0, 0.05) is 12.1 Å². The van der Waals surface area contributed by atoms with Crippen LogP contribution in [0, 0.1) is 19.4 Å². The summed E-state index contributed by atoms with van der Waals surface area (Å²) in [4.78, 5) is 51.0. The first-order valence-corrected chi connectivity index (χ1v) is 10.2. The fourth-order valence-corrected chi connectivity index (χ4v) is 2.91. The van der Waals surface area contributed by atoms with Crippen molar-refractivity contribution in [3.8, 4) is 12.5 Å². The van der Waals surface area contributed by atoms with E-state index in [1.165, 1.54) is 0 Å². The number of alkyl carbamates (subject to hydrolysis) is 1. The lowest BCUT2D eigenvalue weighted by Crippen LogP contribution is -2.53. The van der Waals surface area contributed by atoms with E-state index >= 15 is 0 Å². The van der Waals surface area contributed by atoms with Crippen molar-refractivity contribution in [3.05, 3.63) is 35.4 Å². The van der Waals surface area contributed by atoms with Crippen molar-refractivity contribution < 1.29 is 23.9 Å². The van der Waals surface area contributed by atoms with Crippen LogP contribution in [0.15, 0.2) is 24.3 Å². The van der Waals surface area contributed by atoms with Crippen LogP contribution in [0.4, 0.5) is 4.79 Å². The zero-order chi connectivity index (χ0) is 24.6. The van der Waals surface area contributed by atoms with Gasteiger partial charge in [0.2, 0.25) is 11.8 Å². The lowest BCUT2D eigenvalue weighted by molar-refractivity contribution is -0.139. The summed E-state index contributed by atoms with van der Waals surface area (Å²) >= 11 is 0. The number of rotatable bonds is 8. The van der Waals surface area contributed by atoms with Crippen LogP contribution in [-0.4, -0.2) is 46.4 Å². The first-order chi connectivity index (χ1) is 14.7. The van der Waals surface area contributed by atoms with E-state index in [0.29, 0.717) is 5.56 Å². The zero-order valence-corrected chi connectivity index (χ0v) is 19.4. The molecule has 0 bridgehead atoms. The van der Waals surface area contributed by atoms with Gasteiger partial charge in [-0.25, -0.2) is 4.79 Å². The van der Waals surface area contributed by atoms with Gasteiger partial charge >= 0.3 is 6.09 Å². The third-order valence-electron chi connectivity index (χ3n) is 4.07. The number of nitrogens with one attached hydrogen (secondary N) is 2. The van der Waals surface area contributed by atoms with Gasteiger partial charge in [0.05, 0.1) is 6.42 Å². The second kappa shape index (κ2) is 11.2. The number of carbonyl (C=O) groups excluding carboxylic acids is 4. The molecule has 0 heterocycles. The van der Waals surface area contributed by atoms with E-state index in [1.54, 1.807) is 52.8 Å². The van der Waals surface area contributed by atoms with E-state index in [1.807, 2.05) is 13.0 Å². The Bertz CT molecular complexity index is 898. The Labute approximate surface area is 189 Å². The predicted octanol–water partition coefficient (Wildman–Crippen LogP) is 1.75. The van der Waals surface area contributed by atoms with Gasteiger partial charge in [-0.05, 0) is 47.1 Å². The van der Waals surface area contributed by atoms with Crippen LogP contribution in [0.25, 0.3) is 0 Å². The quantitative estimate of drug-likeness (QED) is 0.415.